The zero-order valence-electron chi connectivity index (χ0n) is 12.5. The maximum atomic E-state index is 13.6. The number of hydrogen-bond acceptors (Lipinski definition) is 2. The lowest BCUT2D eigenvalue weighted by Gasteiger charge is -2.21. The summed E-state index contributed by atoms with van der Waals surface area (Å²) < 4.78 is 19.6. The summed E-state index contributed by atoms with van der Waals surface area (Å²) >= 11 is 3.51. The maximum absolute atomic E-state index is 13.6. The molecule has 0 amide bonds. The molecule has 4 heteroatoms. The van der Waals surface area contributed by atoms with Gasteiger partial charge in [-0.25, -0.2) is 4.39 Å². The van der Waals surface area contributed by atoms with Crippen LogP contribution < -0.4 is 10.1 Å². The summed E-state index contributed by atoms with van der Waals surface area (Å²) in [5.41, 5.74) is 1.86. The van der Waals surface area contributed by atoms with E-state index in [1.54, 1.807) is 19.2 Å². The summed E-state index contributed by atoms with van der Waals surface area (Å²) in [5, 5.41) is 3.45. The minimum absolute atomic E-state index is 0.00327. The van der Waals surface area contributed by atoms with Gasteiger partial charge in [-0.1, -0.05) is 22.0 Å². The highest BCUT2D eigenvalue weighted by Gasteiger charge is 2.15. The van der Waals surface area contributed by atoms with Crippen LogP contribution in [0.4, 0.5) is 10.1 Å². The lowest BCUT2D eigenvalue weighted by atomic mass is 10.0. The monoisotopic (exact) mass is 363 g/mol. The smallest absolute Gasteiger partial charge is 0.123 e. The van der Waals surface area contributed by atoms with Crippen LogP contribution >= 0.6 is 15.9 Å². The number of nitrogens with one attached hydrogen (secondary N) is 1. The van der Waals surface area contributed by atoms with Gasteiger partial charge in [0, 0.05) is 10.2 Å². The molecule has 0 radical (unpaired) electrons. The first-order valence-electron chi connectivity index (χ1n) is 7.10. The van der Waals surface area contributed by atoms with E-state index in [1.165, 1.54) is 6.07 Å². The lowest BCUT2D eigenvalue weighted by molar-refractivity contribution is 0.415. The summed E-state index contributed by atoms with van der Waals surface area (Å²) in [6.07, 6.45) is 3.55. The standard InChI is InChI=1S/C18H19BrFNO/c1-3-4-5-18(16-12-13(20)6-11-17(16)19)21-14-7-9-15(22-2)10-8-14/h3,6-12,18,21H,1,4-5H2,2H3. The van der Waals surface area contributed by atoms with Crippen LogP contribution in [0.1, 0.15) is 24.4 Å². The Hall–Kier alpha value is -1.81. The minimum Gasteiger partial charge on any atom is -0.497 e. The van der Waals surface area contributed by atoms with E-state index < -0.39 is 0 Å². The fourth-order valence-corrected chi connectivity index (χ4v) is 2.78. The summed E-state index contributed by atoms with van der Waals surface area (Å²) in [7, 11) is 1.64. The molecule has 22 heavy (non-hydrogen) atoms. The zero-order chi connectivity index (χ0) is 15.9. The Bertz CT molecular complexity index is 627. The molecule has 0 aliphatic carbocycles. The van der Waals surface area contributed by atoms with Gasteiger partial charge < -0.3 is 10.1 Å². The molecule has 0 aromatic heterocycles. The molecule has 0 heterocycles. The van der Waals surface area contributed by atoms with Crippen molar-refractivity contribution < 1.29 is 9.13 Å². The van der Waals surface area contributed by atoms with Crippen molar-refractivity contribution in [2.75, 3.05) is 12.4 Å². The van der Waals surface area contributed by atoms with E-state index >= 15 is 0 Å². The number of hydrogen-bond donors (Lipinski definition) is 1. The molecule has 2 aromatic rings. The molecule has 1 unspecified atom stereocenters. The molecule has 2 aromatic carbocycles. The SMILES string of the molecule is C=CCCC(Nc1ccc(OC)cc1)c1cc(F)ccc1Br. The van der Waals surface area contributed by atoms with Crippen molar-refractivity contribution in [2.24, 2.45) is 0 Å². The van der Waals surface area contributed by atoms with Gasteiger partial charge in [0.2, 0.25) is 0 Å². The number of methoxy groups -OCH3 is 1. The average Bonchev–Trinajstić information content (AvgIpc) is 2.54. The van der Waals surface area contributed by atoms with Crippen LogP contribution in [0.3, 0.4) is 0 Å². The van der Waals surface area contributed by atoms with Crippen LogP contribution in [0, 0.1) is 5.82 Å². The molecule has 116 valence electrons. The van der Waals surface area contributed by atoms with Gasteiger partial charge in [-0.15, -0.1) is 6.58 Å². The Morgan fingerprint density at radius 1 is 1.27 bits per heavy atom. The predicted molar refractivity (Wildman–Crippen MR) is 92.9 cm³/mol. The highest BCUT2D eigenvalue weighted by molar-refractivity contribution is 9.10. The largest absolute Gasteiger partial charge is 0.497 e. The van der Waals surface area contributed by atoms with E-state index in [9.17, 15) is 4.39 Å². The molecule has 0 aliphatic rings. The van der Waals surface area contributed by atoms with Gasteiger partial charge in [0.05, 0.1) is 13.2 Å². The van der Waals surface area contributed by atoms with Crippen LogP contribution in [0.5, 0.6) is 5.75 Å². The molecule has 0 aliphatic heterocycles. The van der Waals surface area contributed by atoms with E-state index in [-0.39, 0.29) is 11.9 Å². The summed E-state index contributed by atoms with van der Waals surface area (Å²) in [5.74, 6) is 0.568. The Morgan fingerprint density at radius 2 is 2.00 bits per heavy atom. The molecule has 0 saturated carbocycles. The maximum Gasteiger partial charge on any atom is 0.123 e. The molecule has 1 N–H and O–H groups in total. The fraction of sp³-hybridized carbons (Fsp3) is 0.222. The third-order valence-electron chi connectivity index (χ3n) is 3.42. The van der Waals surface area contributed by atoms with E-state index in [0.29, 0.717) is 0 Å². The summed E-state index contributed by atoms with van der Waals surface area (Å²) in [6.45, 7) is 3.77. The summed E-state index contributed by atoms with van der Waals surface area (Å²) in [6, 6.07) is 12.4. The highest BCUT2D eigenvalue weighted by atomic mass is 79.9. The van der Waals surface area contributed by atoms with Gasteiger partial charge in [0.15, 0.2) is 0 Å². The lowest BCUT2D eigenvalue weighted by Crippen LogP contribution is -2.11. The highest BCUT2D eigenvalue weighted by Crippen LogP contribution is 2.31. The number of benzene rings is 2. The van der Waals surface area contributed by atoms with Crippen molar-refractivity contribution in [3.8, 4) is 5.75 Å². The third-order valence-corrected chi connectivity index (χ3v) is 4.15. The Morgan fingerprint density at radius 3 is 2.64 bits per heavy atom. The van der Waals surface area contributed by atoms with Gasteiger partial charge in [-0.05, 0) is 60.9 Å². The van der Waals surface area contributed by atoms with E-state index in [4.69, 9.17) is 4.74 Å². The molecule has 2 nitrogen and oxygen atoms in total. The normalized spacial score (nSPS) is 11.8. The first-order chi connectivity index (χ1) is 10.6. The average molecular weight is 364 g/mol. The van der Waals surface area contributed by atoms with Crippen molar-refractivity contribution in [2.45, 2.75) is 18.9 Å². The second-order valence-electron chi connectivity index (χ2n) is 4.96. The van der Waals surface area contributed by atoms with Crippen LogP contribution in [0.25, 0.3) is 0 Å². The van der Waals surface area contributed by atoms with Crippen LogP contribution in [-0.2, 0) is 0 Å². The molecular weight excluding hydrogens is 345 g/mol. The number of allylic oxidation sites excluding steroid dienone is 1. The first kappa shape index (κ1) is 16.6. The van der Waals surface area contributed by atoms with Gasteiger partial charge >= 0.3 is 0 Å². The molecule has 2 rings (SSSR count). The minimum atomic E-state index is -0.238. The topological polar surface area (TPSA) is 21.3 Å². The fourth-order valence-electron chi connectivity index (χ4n) is 2.26. The third kappa shape index (κ3) is 4.34. The number of anilines is 1. The van der Waals surface area contributed by atoms with E-state index in [2.05, 4.69) is 27.8 Å². The zero-order valence-corrected chi connectivity index (χ0v) is 14.1. The van der Waals surface area contributed by atoms with Gasteiger partial charge in [0.1, 0.15) is 11.6 Å². The van der Waals surface area contributed by atoms with Crippen molar-refractivity contribution >= 4 is 21.6 Å². The number of ether oxygens (including phenoxy) is 1. The quantitative estimate of drug-likeness (QED) is 0.635. The van der Waals surface area contributed by atoms with Gasteiger partial charge in [-0.2, -0.15) is 0 Å². The van der Waals surface area contributed by atoms with Crippen molar-refractivity contribution in [3.63, 3.8) is 0 Å². The van der Waals surface area contributed by atoms with Crippen LogP contribution in [0.15, 0.2) is 59.6 Å². The van der Waals surface area contributed by atoms with Crippen molar-refractivity contribution in [1.29, 1.82) is 0 Å². The number of rotatable bonds is 7. The first-order valence-corrected chi connectivity index (χ1v) is 7.89. The molecule has 0 bridgehead atoms. The Labute approximate surface area is 139 Å². The summed E-state index contributed by atoms with van der Waals surface area (Å²) in [4.78, 5) is 0. The van der Waals surface area contributed by atoms with Crippen LogP contribution in [0.2, 0.25) is 0 Å². The van der Waals surface area contributed by atoms with Gasteiger partial charge in [-0.3, -0.25) is 0 Å². The second kappa shape index (κ2) is 7.99. The van der Waals surface area contributed by atoms with Crippen molar-refractivity contribution in [3.05, 3.63) is 71.0 Å². The van der Waals surface area contributed by atoms with E-state index in [0.717, 1.165) is 34.3 Å². The van der Waals surface area contributed by atoms with E-state index in [1.807, 2.05) is 30.3 Å². The molecule has 0 spiro atoms. The Kier molecular flexibility index (Phi) is 6.01. The number of halogens is 2. The van der Waals surface area contributed by atoms with Gasteiger partial charge in [0.25, 0.3) is 0 Å². The van der Waals surface area contributed by atoms with Crippen LogP contribution in [-0.4, -0.2) is 7.11 Å². The molecule has 0 fully saturated rings. The Balaban J connectivity index is 2.24. The van der Waals surface area contributed by atoms with Crippen molar-refractivity contribution in [1.82, 2.24) is 0 Å². The molecule has 1 atom stereocenters. The second-order valence-corrected chi connectivity index (χ2v) is 5.81. The predicted octanol–water partition coefficient (Wildman–Crippen LogP) is 5.72. The molecule has 0 saturated heterocycles. The molecular formula is C18H19BrFNO.